The van der Waals surface area contributed by atoms with Gasteiger partial charge < -0.3 is 23.9 Å². The molecule has 0 saturated heterocycles. The van der Waals surface area contributed by atoms with E-state index in [1.54, 1.807) is 24.3 Å². The van der Waals surface area contributed by atoms with Crippen LogP contribution in [0.15, 0.2) is 41.0 Å². The number of anilines is 1. The van der Waals surface area contributed by atoms with Gasteiger partial charge in [-0.2, -0.15) is 0 Å². The SMILES string of the molecule is COc1ccc(OC)c(NC(=O)COC(=O)c2ccco2)c1. The van der Waals surface area contributed by atoms with Gasteiger partial charge in [-0.15, -0.1) is 0 Å². The van der Waals surface area contributed by atoms with Crippen LogP contribution in [0.3, 0.4) is 0 Å². The number of rotatable bonds is 6. The molecule has 0 fully saturated rings. The molecule has 0 saturated carbocycles. The highest BCUT2D eigenvalue weighted by atomic mass is 16.5. The van der Waals surface area contributed by atoms with Crippen LogP contribution in [-0.2, 0) is 9.53 Å². The Balaban J connectivity index is 1.95. The molecule has 22 heavy (non-hydrogen) atoms. The summed E-state index contributed by atoms with van der Waals surface area (Å²) >= 11 is 0. The van der Waals surface area contributed by atoms with Crippen molar-refractivity contribution in [1.82, 2.24) is 0 Å². The first-order valence-corrected chi connectivity index (χ1v) is 6.36. The van der Waals surface area contributed by atoms with E-state index >= 15 is 0 Å². The molecule has 7 nitrogen and oxygen atoms in total. The van der Waals surface area contributed by atoms with Crippen LogP contribution in [0.1, 0.15) is 10.6 Å². The Morgan fingerprint density at radius 1 is 1.18 bits per heavy atom. The van der Waals surface area contributed by atoms with Gasteiger partial charge >= 0.3 is 5.97 Å². The van der Waals surface area contributed by atoms with Crippen LogP contribution in [0.2, 0.25) is 0 Å². The van der Waals surface area contributed by atoms with Crippen LogP contribution in [0.4, 0.5) is 5.69 Å². The van der Waals surface area contributed by atoms with Gasteiger partial charge in [0, 0.05) is 6.07 Å². The number of hydrogen-bond acceptors (Lipinski definition) is 6. The average molecular weight is 305 g/mol. The number of benzene rings is 1. The Morgan fingerprint density at radius 2 is 2.00 bits per heavy atom. The lowest BCUT2D eigenvalue weighted by Crippen LogP contribution is -2.21. The number of hydrogen-bond donors (Lipinski definition) is 1. The minimum atomic E-state index is -0.710. The van der Waals surface area contributed by atoms with E-state index in [0.717, 1.165) is 0 Å². The molecule has 0 unspecified atom stereocenters. The maximum absolute atomic E-state index is 11.8. The summed E-state index contributed by atoms with van der Waals surface area (Å²) in [5, 5.41) is 2.59. The van der Waals surface area contributed by atoms with Gasteiger partial charge in [-0.25, -0.2) is 4.79 Å². The molecule has 0 aliphatic carbocycles. The summed E-state index contributed by atoms with van der Waals surface area (Å²) in [7, 11) is 2.99. The van der Waals surface area contributed by atoms with Crippen molar-refractivity contribution in [2.24, 2.45) is 0 Å². The number of carbonyl (C=O) groups is 2. The lowest BCUT2D eigenvalue weighted by molar-refractivity contribution is -0.119. The van der Waals surface area contributed by atoms with E-state index in [2.05, 4.69) is 5.32 Å². The van der Waals surface area contributed by atoms with E-state index in [0.29, 0.717) is 17.2 Å². The number of furan rings is 1. The highest BCUT2D eigenvalue weighted by molar-refractivity contribution is 5.95. The molecule has 0 bridgehead atoms. The molecule has 0 aliphatic heterocycles. The third-order valence-electron chi connectivity index (χ3n) is 2.74. The molecule has 1 aromatic heterocycles. The predicted molar refractivity (Wildman–Crippen MR) is 77.2 cm³/mol. The summed E-state index contributed by atoms with van der Waals surface area (Å²) in [6.07, 6.45) is 1.35. The maximum Gasteiger partial charge on any atom is 0.374 e. The molecule has 0 radical (unpaired) electrons. The molecule has 116 valence electrons. The standard InChI is InChI=1S/C15H15NO6/c1-19-10-5-6-12(20-2)11(8-10)16-14(17)9-22-15(18)13-4-3-7-21-13/h3-8H,9H2,1-2H3,(H,16,17). The van der Waals surface area contributed by atoms with Crippen LogP contribution in [0.25, 0.3) is 0 Å². The Bertz CT molecular complexity index is 650. The van der Waals surface area contributed by atoms with Gasteiger partial charge in [0.1, 0.15) is 11.5 Å². The minimum absolute atomic E-state index is 0.0340. The molecule has 2 aromatic rings. The Morgan fingerprint density at radius 3 is 2.64 bits per heavy atom. The molecule has 7 heteroatoms. The Kier molecular flexibility index (Phi) is 5.02. The lowest BCUT2D eigenvalue weighted by Gasteiger charge is -2.11. The van der Waals surface area contributed by atoms with Gasteiger partial charge in [-0.3, -0.25) is 4.79 Å². The van der Waals surface area contributed by atoms with Gasteiger partial charge in [0.2, 0.25) is 5.76 Å². The van der Waals surface area contributed by atoms with Crippen LogP contribution in [-0.4, -0.2) is 32.7 Å². The molecular formula is C15H15NO6. The largest absolute Gasteiger partial charge is 0.497 e. The van der Waals surface area contributed by atoms with Gasteiger partial charge in [0.25, 0.3) is 5.91 Å². The molecule has 1 aromatic carbocycles. The lowest BCUT2D eigenvalue weighted by atomic mass is 10.2. The van der Waals surface area contributed by atoms with Crippen LogP contribution in [0, 0.1) is 0 Å². The maximum atomic E-state index is 11.8. The molecule has 1 amide bonds. The van der Waals surface area contributed by atoms with Gasteiger partial charge in [-0.1, -0.05) is 0 Å². The van der Waals surface area contributed by atoms with Crippen molar-refractivity contribution in [3.8, 4) is 11.5 Å². The minimum Gasteiger partial charge on any atom is -0.497 e. The summed E-state index contributed by atoms with van der Waals surface area (Å²) in [6.45, 7) is -0.445. The Hall–Kier alpha value is -2.96. The summed E-state index contributed by atoms with van der Waals surface area (Å²) in [6, 6.07) is 7.96. The molecule has 1 N–H and O–H groups in total. The number of methoxy groups -OCH3 is 2. The molecule has 0 atom stereocenters. The monoisotopic (exact) mass is 305 g/mol. The molecular weight excluding hydrogens is 290 g/mol. The van der Waals surface area contributed by atoms with Gasteiger partial charge in [0.15, 0.2) is 6.61 Å². The third kappa shape index (κ3) is 3.78. The summed E-state index contributed by atoms with van der Waals surface area (Å²) < 4.78 is 19.9. The predicted octanol–water partition coefficient (Wildman–Crippen LogP) is 2.09. The fourth-order valence-electron chi connectivity index (χ4n) is 1.69. The van der Waals surface area contributed by atoms with E-state index in [-0.39, 0.29) is 5.76 Å². The van der Waals surface area contributed by atoms with E-state index in [9.17, 15) is 9.59 Å². The van der Waals surface area contributed by atoms with Crippen LogP contribution in [0.5, 0.6) is 11.5 Å². The second kappa shape index (κ2) is 7.16. The highest BCUT2D eigenvalue weighted by Crippen LogP contribution is 2.28. The normalized spacial score (nSPS) is 9.91. The zero-order valence-corrected chi connectivity index (χ0v) is 12.1. The van der Waals surface area contributed by atoms with E-state index in [1.165, 1.54) is 26.5 Å². The first-order valence-electron chi connectivity index (χ1n) is 6.36. The van der Waals surface area contributed by atoms with Gasteiger partial charge in [0.05, 0.1) is 26.2 Å². The molecule has 0 spiro atoms. The zero-order chi connectivity index (χ0) is 15.9. The topological polar surface area (TPSA) is 87.0 Å². The van der Waals surface area contributed by atoms with E-state index in [4.69, 9.17) is 18.6 Å². The highest BCUT2D eigenvalue weighted by Gasteiger charge is 2.14. The second-order valence-electron chi connectivity index (χ2n) is 4.17. The first-order chi connectivity index (χ1) is 10.6. The second-order valence-corrected chi connectivity index (χ2v) is 4.17. The number of ether oxygens (including phenoxy) is 3. The van der Waals surface area contributed by atoms with Crippen molar-refractivity contribution in [3.05, 3.63) is 42.4 Å². The Labute approximate surface area is 126 Å². The van der Waals surface area contributed by atoms with Crippen LogP contribution < -0.4 is 14.8 Å². The number of nitrogens with one attached hydrogen (secondary N) is 1. The summed E-state index contributed by atoms with van der Waals surface area (Å²) in [5.74, 6) is -0.161. The van der Waals surface area contributed by atoms with Crippen molar-refractivity contribution in [2.45, 2.75) is 0 Å². The molecule has 0 aliphatic rings. The van der Waals surface area contributed by atoms with Crippen molar-refractivity contribution in [2.75, 3.05) is 26.1 Å². The number of amides is 1. The van der Waals surface area contributed by atoms with E-state index in [1.807, 2.05) is 0 Å². The molecule has 2 rings (SSSR count). The fourth-order valence-corrected chi connectivity index (χ4v) is 1.69. The fraction of sp³-hybridized carbons (Fsp3) is 0.200. The summed E-state index contributed by atoms with van der Waals surface area (Å²) in [4.78, 5) is 23.4. The smallest absolute Gasteiger partial charge is 0.374 e. The zero-order valence-electron chi connectivity index (χ0n) is 12.1. The van der Waals surface area contributed by atoms with Crippen molar-refractivity contribution < 1.29 is 28.2 Å². The number of esters is 1. The third-order valence-corrected chi connectivity index (χ3v) is 2.74. The van der Waals surface area contributed by atoms with E-state index < -0.39 is 18.5 Å². The summed E-state index contributed by atoms with van der Waals surface area (Å²) in [5.41, 5.74) is 0.417. The van der Waals surface area contributed by atoms with Crippen LogP contribution >= 0.6 is 0 Å². The van der Waals surface area contributed by atoms with Crippen molar-refractivity contribution >= 4 is 17.6 Å². The van der Waals surface area contributed by atoms with Gasteiger partial charge in [-0.05, 0) is 24.3 Å². The molecule has 1 heterocycles. The average Bonchev–Trinajstić information content (AvgIpc) is 3.07. The van der Waals surface area contributed by atoms with Crippen molar-refractivity contribution in [3.63, 3.8) is 0 Å². The quantitative estimate of drug-likeness (QED) is 0.822. The van der Waals surface area contributed by atoms with Crippen molar-refractivity contribution in [1.29, 1.82) is 0 Å². The first kappa shape index (κ1) is 15.4. The number of carbonyl (C=O) groups excluding carboxylic acids is 2.